The number of aliphatic imine (C=N–C) groups is 1. The highest BCUT2D eigenvalue weighted by molar-refractivity contribution is 14.0. The Balaban J connectivity index is 0.00000364. The Morgan fingerprint density at radius 3 is 2.41 bits per heavy atom. The van der Waals surface area contributed by atoms with E-state index in [9.17, 15) is 4.79 Å². The number of nitrogens with zero attached hydrogens (tertiary/aromatic N) is 3. The lowest BCUT2D eigenvalue weighted by Gasteiger charge is -2.36. The van der Waals surface area contributed by atoms with Gasteiger partial charge in [-0.3, -0.25) is 9.79 Å². The molecule has 0 aromatic heterocycles. The summed E-state index contributed by atoms with van der Waals surface area (Å²) < 4.78 is 5.71. The molecule has 1 saturated heterocycles. The van der Waals surface area contributed by atoms with Crippen LogP contribution in [0.5, 0.6) is 0 Å². The number of unbranched alkanes of at least 4 members (excludes halogenated alkanes) is 1. The number of carbonyl (C=O) groups is 1. The molecule has 1 aliphatic heterocycles. The highest BCUT2D eigenvalue weighted by Gasteiger charge is 2.20. The van der Waals surface area contributed by atoms with Gasteiger partial charge in [-0.1, -0.05) is 30.3 Å². The van der Waals surface area contributed by atoms with Crippen LogP contribution < -0.4 is 5.32 Å². The molecule has 2 rings (SSSR count). The van der Waals surface area contributed by atoms with Gasteiger partial charge in [-0.25, -0.2) is 0 Å². The third kappa shape index (κ3) is 8.92. The van der Waals surface area contributed by atoms with Crippen molar-refractivity contribution in [1.82, 2.24) is 15.1 Å². The van der Waals surface area contributed by atoms with E-state index in [4.69, 9.17) is 9.73 Å². The third-order valence-electron chi connectivity index (χ3n) is 4.43. The van der Waals surface area contributed by atoms with Crippen LogP contribution in [-0.2, 0) is 16.1 Å². The van der Waals surface area contributed by atoms with Gasteiger partial charge in [-0.15, -0.1) is 24.0 Å². The summed E-state index contributed by atoms with van der Waals surface area (Å²) >= 11 is 0. The molecule has 0 atom stereocenters. The Hall–Kier alpha value is -1.35. The molecule has 1 fully saturated rings. The number of hydrogen-bond acceptors (Lipinski definition) is 3. The van der Waals surface area contributed by atoms with E-state index in [1.807, 2.05) is 23.1 Å². The summed E-state index contributed by atoms with van der Waals surface area (Å²) in [5.74, 6) is 1.11. The van der Waals surface area contributed by atoms with E-state index in [-0.39, 0.29) is 29.9 Å². The normalized spacial score (nSPS) is 14.7. The third-order valence-corrected chi connectivity index (χ3v) is 4.43. The molecule has 0 unspecified atom stereocenters. The number of ether oxygens (including phenoxy) is 1. The molecular weight excluding hydrogens is 455 g/mol. The van der Waals surface area contributed by atoms with E-state index >= 15 is 0 Å². The monoisotopic (exact) mass is 488 g/mol. The highest BCUT2D eigenvalue weighted by atomic mass is 127. The molecule has 1 N–H and O–H groups in total. The molecule has 1 aromatic rings. The Labute approximate surface area is 180 Å². The summed E-state index contributed by atoms with van der Waals surface area (Å²) in [5.41, 5.74) is 1.21. The van der Waals surface area contributed by atoms with Crippen molar-refractivity contribution in [1.29, 1.82) is 0 Å². The van der Waals surface area contributed by atoms with Gasteiger partial charge in [0.05, 0.1) is 6.61 Å². The lowest BCUT2D eigenvalue weighted by Crippen LogP contribution is -2.53. The number of guanidine groups is 1. The van der Waals surface area contributed by atoms with Crippen LogP contribution in [0.15, 0.2) is 35.3 Å². The van der Waals surface area contributed by atoms with Crippen LogP contribution in [0.4, 0.5) is 0 Å². The van der Waals surface area contributed by atoms with Gasteiger partial charge < -0.3 is 19.9 Å². The van der Waals surface area contributed by atoms with Gasteiger partial charge in [0, 0.05) is 52.8 Å². The quantitative estimate of drug-likeness (QED) is 0.265. The number of hydrogen-bond donors (Lipinski definition) is 1. The van der Waals surface area contributed by atoms with E-state index in [2.05, 4.69) is 29.3 Å². The molecule has 0 radical (unpaired) electrons. The smallest absolute Gasteiger partial charge is 0.219 e. The molecular formula is C20H33IN4O2. The minimum absolute atomic E-state index is 0. The Kier molecular flexibility index (Phi) is 12.1. The van der Waals surface area contributed by atoms with Crippen LogP contribution in [0, 0.1) is 0 Å². The zero-order chi connectivity index (χ0) is 18.6. The predicted molar refractivity (Wildman–Crippen MR) is 121 cm³/mol. The topological polar surface area (TPSA) is 57.2 Å². The van der Waals surface area contributed by atoms with Crippen LogP contribution >= 0.6 is 24.0 Å². The molecule has 1 amide bonds. The van der Waals surface area contributed by atoms with Crippen molar-refractivity contribution >= 4 is 35.8 Å². The number of benzene rings is 1. The molecule has 0 bridgehead atoms. The first kappa shape index (κ1) is 23.7. The lowest BCUT2D eigenvalue weighted by atomic mass is 10.2. The second-order valence-corrected chi connectivity index (χ2v) is 6.47. The fraction of sp³-hybridized carbons (Fsp3) is 0.600. The van der Waals surface area contributed by atoms with Gasteiger partial charge in [0.1, 0.15) is 0 Å². The first-order valence-electron chi connectivity index (χ1n) is 9.61. The van der Waals surface area contributed by atoms with E-state index in [0.717, 1.165) is 64.7 Å². The maximum atomic E-state index is 11.4. The zero-order valence-corrected chi connectivity index (χ0v) is 18.9. The van der Waals surface area contributed by atoms with Gasteiger partial charge in [-0.05, 0) is 25.3 Å². The van der Waals surface area contributed by atoms with Crippen LogP contribution in [-0.4, -0.2) is 67.5 Å². The van der Waals surface area contributed by atoms with Crippen LogP contribution in [0.1, 0.15) is 32.3 Å². The maximum absolute atomic E-state index is 11.4. The molecule has 1 heterocycles. The molecule has 0 saturated carbocycles. The van der Waals surface area contributed by atoms with E-state index in [0.29, 0.717) is 6.61 Å². The summed E-state index contributed by atoms with van der Waals surface area (Å²) in [4.78, 5) is 20.3. The predicted octanol–water partition coefficient (Wildman–Crippen LogP) is 2.73. The average Bonchev–Trinajstić information content (AvgIpc) is 2.67. The van der Waals surface area contributed by atoms with Crippen molar-refractivity contribution in [3.63, 3.8) is 0 Å². The molecule has 7 heteroatoms. The molecule has 6 nitrogen and oxygen atoms in total. The minimum atomic E-state index is 0. The summed E-state index contributed by atoms with van der Waals surface area (Å²) in [7, 11) is 0. The van der Waals surface area contributed by atoms with Crippen molar-refractivity contribution in [2.24, 2.45) is 4.99 Å². The number of nitrogens with one attached hydrogen (secondary N) is 1. The highest BCUT2D eigenvalue weighted by Crippen LogP contribution is 2.04. The fourth-order valence-corrected chi connectivity index (χ4v) is 2.92. The average molecular weight is 488 g/mol. The second kappa shape index (κ2) is 13.8. The van der Waals surface area contributed by atoms with Gasteiger partial charge in [0.2, 0.25) is 5.91 Å². The molecule has 1 aliphatic rings. The maximum Gasteiger partial charge on any atom is 0.219 e. The van der Waals surface area contributed by atoms with Crippen molar-refractivity contribution in [3.05, 3.63) is 35.9 Å². The van der Waals surface area contributed by atoms with Crippen molar-refractivity contribution in [3.8, 4) is 0 Å². The fourth-order valence-electron chi connectivity index (χ4n) is 2.92. The standard InChI is InChI=1S/C20H32N4O2.HI/c1-3-21-20(24-14-12-23(13-15-24)18(2)25)22-11-7-8-16-26-17-19-9-5-4-6-10-19;/h4-6,9-10H,3,7-8,11-17H2,1-2H3,(H,21,22);1H. The van der Waals surface area contributed by atoms with Crippen molar-refractivity contribution < 1.29 is 9.53 Å². The number of carbonyl (C=O) groups excluding carboxylic acids is 1. The molecule has 152 valence electrons. The first-order valence-corrected chi connectivity index (χ1v) is 9.61. The van der Waals surface area contributed by atoms with Crippen molar-refractivity contribution in [2.75, 3.05) is 45.9 Å². The molecule has 27 heavy (non-hydrogen) atoms. The van der Waals surface area contributed by atoms with Crippen molar-refractivity contribution in [2.45, 2.75) is 33.3 Å². The molecule has 0 aliphatic carbocycles. The van der Waals surface area contributed by atoms with Gasteiger partial charge in [0.25, 0.3) is 0 Å². The van der Waals surface area contributed by atoms with Gasteiger partial charge >= 0.3 is 0 Å². The largest absolute Gasteiger partial charge is 0.377 e. The lowest BCUT2D eigenvalue weighted by molar-refractivity contribution is -0.130. The van der Waals surface area contributed by atoms with E-state index < -0.39 is 0 Å². The van der Waals surface area contributed by atoms with Crippen LogP contribution in [0.3, 0.4) is 0 Å². The van der Waals surface area contributed by atoms with E-state index in [1.54, 1.807) is 6.92 Å². The number of piperazine rings is 1. The van der Waals surface area contributed by atoms with Gasteiger partial charge in [0.15, 0.2) is 5.96 Å². The van der Waals surface area contributed by atoms with Gasteiger partial charge in [-0.2, -0.15) is 0 Å². The summed E-state index contributed by atoms with van der Waals surface area (Å²) in [5, 5.41) is 3.36. The summed E-state index contributed by atoms with van der Waals surface area (Å²) in [6.45, 7) is 10.0. The number of halogens is 1. The van der Waals surface area contributed by atoms with Crippen LogP contribution in [0.25, 0.3) is 0 Å². The Bertz CT molecular complexity index is 560. The molecule has 1 aromatic carbocycles. The number of amides is 1. The zero-order valence-electron chi connectivity index (χ0n) is 16.5. The van der Waals surface area contributed by atoms with E-state index in [1.165, 1.54) is 5.56 Å². The summed E-state index contributed by atoms with van der Waals surface area (Å²) in [6, 6.07) is 10.2. The Morgan fingerprint density at radius 2 is 1.78 bits per heavy atom. The SMILES string of the molecule is CCNC(=NCCCCOCc1ccccc1)N1CCN(C(C)=O)CC1.I. The minimum Gasteiger partial charge on any atom is -0.377 e. The summed E-state index contributed by atoms with van der Waals surface area (Å²) in [6.07, 6.45) is 2.02. The second-order valence-electron chi connectivity index (χ2n) is 6.47. The number of rotatable bonds is 8. The van der Waals surface area contributed by atoms with Crippen LogP contribution in [0.2, 0.25) is 0 Å². The first-order chi connectivity index (χ1) is 12.7. The Morgan fingerprint density at radius 1 is 1.11 bits per heavy atom. The molecule has 0 spiro atoms.